The lowest BCUT2D eigenvalue weighted by molar-refractivity contribution is -0.131. The molecule has 0 radical (unpaired) electrons. The molecule has 0 heterocycles. The number of unbranched alkanes of at least 4 members (excludes halogenated alkanes) is 1. The van der Waals surface area contributed by atoms with Crippen LogP contribution in [0.25, 0.3) is 0 Å². The summed E-state index contributed by atoms with van der Waals surface area (Å²) in [7, 11) is 0. The molecular formula is C12H24ClNO. The molecule has 0 saturated heterocycles. The third kappa shape index (κ3) is 4.02. The maximum absolute atomic E-state index is 11.8. The Morgan fingerprint density at radius 1 is 1.40 bits per heavy atom. The first-order valence-electron chi connectivity index (χ1n) is 5.86. The number of carbonyl (C=O) groups is 1. The van der Waals surface area contributed by atoms with Gasteiger partial charge in [0.2, 0.25) is 5.91 Å². The molecule has 0 rings (SSSR count). The van der Waals surface area contributed by atoms with Gasteiger partial charge in [-0.05, 0) is 26.2 Å². The van der Waals surface area contributed by atoms with Crippen molar-refractivity contribution in [3.8, 4) is 0 Å². The van der Waals surface area contributed by atoms with Crippen LogP contribution in [0.2, 0.25) is 0 Å². The van der Waals surface area contributed by atoms with Crippen molar-refractivity contribution in [1.29, 1.82) is 0 Å². The lowest BCUT2D eigenvalue weighted by atomic mass is 9.87. The van der Waals surface area contributed by atoms with Crippen LogP contribution in [0.4, 0.5) is 0 Å². The van der Waals surface area contributed by atoms with E-state index in [1.165, 1.54) is 4.42 Å². The second-order valence-corrected chi connectivity index (χ2v) is 5.08. The van der Waals surface area contributed by atoms with Crippen molar-refractivity contribution < 1.29 is 4.79 Å². The largest absolute Gasteiger partial charge is 0.274 e. The highest BCUT2D eigenvalue weighted by Gasteiger charge is 2.33. The van der Waals surface area contributed by atoms with E-state index in [1.54, 1.807) is 0 Å². The average molecular weight is 234 g/mol. The van der Waals surface area contributed by atoms with Gasteiger partial charge in [-0.1, -0.05) is 33.6 Å². The van der Waals surface area contributed by atoms with E-state index < -0.39 is 0 Å². The predicted octanol–water partition coefficient (Wildman–Crippen LogP) is 3.98. The molecule has 0 aromatic heterocycles. The first-order valence-corrected chi connectivity index (χ1v) is 6.20. The van der Waals surface area contributed by atoms with Gasteiger partial charge >= 0.3 is 0 Å². The Labute approximate surface area is 99.1 Å². The monoisotopic (exact) mass is 233 g/mol. The van der Waals surface area contributed by atoms with Gasteiger partial charge in [-0.15, -0.1) is 0 Å². The number of nitrogens with zero attached hydrogens (tertiary/aromatic N) is 1. The van der Waals surface area contributed by atoms with Gasteiger partial charge in [-0.2, -0.15) is 0 Å². The van der Waals surface area contributed by atoms with E-state index in [1.807, 2.05) is 13.8 Å². The summed E-state index contributed by atoms with van der Waals surface area (Å²) in [5, 5.41) is 0. The SMILES string of the molecule is CCCCC(=O)N(Cl)C(C)(C)C(C)CC. The zero-order valence-corrected chi connectivity index (χ0v) is 11.4. The quantitative estimate of drug-likeness (QED) is 0.636. The molecule has 90 valence electrons. The van der Waals surface area contributed by atoms with Gasteiger partial charge in [0.05, 0.1) is 5.54 Å². The molecule has 0 N–H and O–H groups in total. The van der Waals surface area contributed by atoms with Crippen molar-refractivity contribution in [2.75, 3.05) is 0 Å². The lowest BCUT2D eigenvalue weighted by Crippen LogP contribution is -2.46. The molecule has 0 aliphatic carbocycles. The van der Waals surface area contributed by atoms with E-state index in [0.29, 0.717) is 12.3 Å². The van der Waals surface area contributed by atoms with Crippen LogP contribution in [0.15, 0.2) is 0 Å². The third-order valence-corrected chi connectivity index (χ3v) is 3.91. The summed E-state index contributed by atoms with van der Waals surface area (Å²) in [6.45, 7) is 10.4. The number of halogens is 1. The van der Waals surface area contributed by atoms with Crippen LogP contribution in [-0.2, 0) is 4.79 Å². The van der Waals surface area contributed by atoms with Crippen molar-refractivity contribution >= 4 is 17.7 Å². The van der Waals surface area contributed by atoms with Crippen LogP contribution in [0.1, 0.15) is 60.3 Å². The van der Waals surface area contributed by atoms with Crippen LogP contribution < -0.4 is 0 Å². The highest BCUT2D eigenvalue weighted by atomic mass is 35.5. The molecule has 0 aliphatic rings. The molecule has 0 spiro atoms. The Morgan fingerprint density at radius 2 is 1.93 bits per heavy atom. The first kappa shape index (κ1) is 14.8. The Balaban J connectivity index is 4.40. The average Bonchev–Trinajstić information content (AvgIpc) is 2.23. The Morgan fingerprint density at radius 3 is 2.33 bits per heavy atom. The van der Waals surface area contributed by atoms with Crippen LogP contribution >= 0.6 is 11.8 Å². The Kier molecular flexibility index (Phi) is 6.26. The Bertz CT molecular complexity index is 204. The van der Waals surface area contributed by atoms with Gasteiger partial charge in [-0.3, -0.25) is 4.79 Å². The maximum Gasteiger partial charge on any atom is 0.237 e. The number of rotatable bonds is 6. The summed E-state index contributed by atoms with van der Waals surface area (Å²) < 4.78 is 1.40. The molecular weight excluding hydrogens is 210 g/mol. The smallest absolute Gasteiger partial charge is 0.237 e. The van der Waals surface area contributed by atoms with E-state index >= 15 is 0 Å². The van der Waals surface area contributed by atoms with Crippen molar-refractivity contribution in [2.24, 2.45) is 5.92 Å². The molecule has 1 amide bonds. The fourth-order valence-electron chi connectivity index (χ4n) is 1.44. The minimum Gasteiger partial charge on any atom is -0.274 e. The zero-order chi connectivity index (χ0) is 12.1. The summed E-state index contributed by atoms with van der Waals surface area (Å²) >= 11 is 6.12. The molecule has 2 nitrogen and oxygen atoms in total. The summed E-state index contributed by atoms with van der Waals surface area (Å²) in [4.78, 5) is 11.8. The molecule has 0 saturated carbocycles. The fraction of sp³-hybridized carbons (Fsp3) is 0.917. The highest BCUT2D eigenvalue weighted by Crippen LogP contribution is 2.29. The van der Waals surface area contributed by atoms with Crippen LogP contribution in [0.5, 0.6) is 0 Å². The number of hydrogen-bond acceptors (Lipinski definition) is 1. The molecule has 0 aromatic rings. The van der Waals surface area contributed by atoms with Gasteiger partial charge < -0.3 is 0 Å². The van der Waals surface area contributed by atoms with E-state index in [9.17, 15) is 4.79 Å². The maximum atomic E-state index is 11.8. The lowest BCUT2D eigenvalue weighted by Gasteiger charge is -2.37. The van der Waals surface area contributed by atoms with Crippen LogP contribution in [0, 0.1) is 5.92 Å². The van der Waals surface area contributed by atoms with E-state index in [-0.39, 0.29) is 11.4 Å². The van der Waals surface area contributed by atoms with E-state index in [4.69, 9.17) is 11.8 Å². The van der Waals surface area contributed by atoms with Crippen molar-refractivity contribution in [2.45, 2.75) is 65.8 Å². The third-order valence-electron chi connectivity index (χ3n) is 3.29. The molecule has 0 bridgehead atoms. The van der Waals surface area contributed by atoms with Gasteiger partial charge in [0.25, 0.3) is 0 Å². The normalized spacial score (nSPS) is 13.7. The Hall–Kier alpha value is -0.240. The summed E-state index contributed by atoms with van der Waals surface area (Å²) in [5.74, 6) is 0.449. The summed E-state index contributed by atoms with van der Waals surface area (Å²) in [6.07, 6.45) is 3.52. The van der Waals surface area contributed by atoms with Gasteiger partial charge in [-0.25, -0.2) is 4.42 Å². The standard InChI is InChI=1S/C12H24ClNO/c1-6-8-9-11(15)14(13)12(4,5)10(3)7-2/h10H,6-9H2,1-5H3. The first-order chi connectivity index (χ1) is 6.87. The predicted molar refractivity (Wildman–Crippen MR) is 65.8 cm³/mol. The van der Waals surface area contributed by atoms with Crippen molar-refractivity contribution in [3.63, 3.8) is 0 Å². The second kappa shape index (κ2) is 6.37. The van der Waals surface area contributed by atoms with Crippen LogP contribution in [-0.4, -0.2) is 15.9 Å². The van der Waals surface area contributed by atoms with Gasteiger partial charge in [0, 0.05) is 18.2 Å². The van der Waals surface area contributed by atoms with Gasteiger partial charge in [0.15, 0.2) is 0 Å². The number of hydrogen-bond donors (Lipinski definition) is 0. The highest BCUT2D eigenvalue weighted by molar-refractivity contribution is 6.21. The summed E-state index contributed by atoms with van der Waals surface area (Å²) in [5.41, 5.74) is -0.263. The molecule has 0 fully saturated rings. The molecule has 3 heteroatoms. The van der Waals surface area contributed by atoms with Gasteiger partial charge in [0.1, 0.15) is 0 Å². The minimum absolute atomic E-state index is 0.0452. The minimum atomic E-state index is -0.263. The zero-order valence-electron chi connectivity index (χ0n) is 10.6. The molecule has 0 aliphatic heterocycles. The van der Waals surface area contributed by atoms with E-state index in [2.05, 4.69) is 20.8 Å². The van der Waals surface area contributed by atoms with E-state index in [0.717, 1.165) is 19.3 Å². The fourth-order valence-corrected chi connectivity index (χ4v) is 1.69. The summed E-state index contributed by atoms with van der Waals surface area (Å²) in [6, 6.07) is 0. The van der Waals surface area contributed by atoms with Crippen molar-refractivity contribution in [1.82, 2.24) is 4.42 Å². The number of amides is 1. The van der Waals surface area contributed by atoms with Crippen LogP contribution in [0.3, 0.4) is 0 Å². The topological polar surface area (TPSA) is 20.3 Å². The second-order valence-electron chi connectivity index (χ2n) is 4.74. The van der Waals surface area contributed by atoms with Crippen molar-refractivity contribution in [3.05, 3.63) is 0 Å². The molecule has 15 heavy (non-hydrogen) atoms. The molecule has 0 aromatic carbocycles. The molecule has 1 atom stereocenters. The number of carbonyl (C=O) groups excluding carboxylic acids is 1. The molecule has 1 unspecified atom stereocenters.